The molecule has 2 N–H and O–H groups in total. The van der Waals surface area contributed by atoms with E-state index in [1.165, 1.54) is 17.3 Å². The smallest absolute Gasteiger partial charge is 0.255 e. The van der Waals surface area contributed by atoms with Crippen molar-refractivity contribution in [1.29, 1.82) is 0 Å². The third kappa shape index (κ3) is 5.08. The van der Waals surface area contributed by atoms with Crippen LogP contribution in [0.1, 0.15) is 29.8 Å². The van der Waals surface area contributed by atoms with Gasteiger partial charge in [0.05, 0.1) is 11.2 Å². The van der Waals surface area contributed by atoms with Gasteiger partial charge in [-0.2, -0.15) is 0 Å². The summed E-state index contributed by atoms with van der Waals surface area (Å²) in [7, 11) is 1.62. The molecule has 1 rings (SSSR count). The molecular weight excluding hydrogens is 244 g/mol. The van der Waals surface area contributed by atoms with Gasteiger partial charge in [-0.3, -0.25) is 9.78 Å². The van der Waals surface area contributed by atoms with Crippen LogP contribution in [0, 0.1) is 11.8 Å². The zero-order valence-electron chi connectivity index (χ0n) is 11.3. The molecule has 0 aliphatic carbocycles. The van der Waals surface area contributed by atoms with E-state index in [0.29, 0.717) is 11.1 Å². The van der Waals surface area contributed by atoms with Crippen molar-refractivity contribution in [3.63, 3.8) is 0 Å². The molecule has 1 amide bonds. The van der Waals surface area contributed by atoms with Crippen LogP contribution in [-0.4, -0.2) is 51.8 Å². The lowest BCUT2D eigenvalue weighted by Gasteiger charge is -2.25. The molecule has 0 unspecified atom stereocenters. The van der Waals surface area contributed by atoms with Gasteiger partial charge < -0.3 is 15.1 Å². The molecule has 0 aromatic carbocycles. The van der Waals surface area contributed by atoms with Gasteiger partial charge in [-0.1, -0.05) is 11.8 Å². The Morgan fingerprint density at radius 1 is 1.47 bits per heavy atom. The number of nitrogens with zero attached hydrogens (tertiary/aromatic N) is 2. The van der Waals surface area contributed by atoms with Crippen molar-refractivity contribution in [3.8, 4) is 11.8 Å². The monoisotopic (exact) mass is 262 g/mol. The van der Waals surface area contributed by atoms with E-state index in [-0.39, 0.29) is 19.1 Å². The van der Waals surface area contributed by atoms with Gasteiger partial charge in [0.1, 0.15) is 6.61 Å². The summed E-state index contributed by atoms with van der Waals surface area (Å²) in [6.45, 7) is 3.26. The predicted octanol–water partition coefficient (Wildman–Crippen LogP) is 0.268. The van der Waals surface area contributed by atoms with Crippen molar-refractivity contribution >= 4 is 5.91 Å². The summed E-state index contributed by atoms with van der Waals surface area (Å²) < 4.78 is 0. The number of hydrogen-bond acceptors (Lipinski definition) is 4. The molecule has 5 heteroatoms. The zero-order valence-corrected chi connectivity index (χ0v) is 11.3. The molecule has 1 heterocycles. The minimum Gasteiger partial charge on any atom is -0.389 e. The SMILES string of the molecule is CN(CC(C)(C)O)C(=O)c1cncc(C#CCO)c1. The van der Waals surface area contributed by atoms with Crippen LogP contribution in [-0.2, 0) is 0 Å². The summed E-state index contributed by atoms with van der Waals surface area (Å²) in [6.07, 6.45) is 2.97. The summed E-state index contributed by atoms with van der Waals surface area (Å²) in [6, 6.07) is 1.61. The van der Waals surface area contributed by atoms with Gasteiger partial charge in [-0.05, 0) is 19.9 Å². The Hall–Kier alpha value is -1.90. The Labute approximate surface area is 112 Å². The van der Waals surface area contributed by atoms with Gasteiger partial charge in [0.2, 0.25) is 0 Å². The Balaban J connectivity index is 2.88. The van der Waals surface area contributed by atoms with E-state index in [1.54, 1.807) is 27.0 Å². The molecule has 0 spiro atoms. The molecule has 0 aliphatic heterocycles. The number of aromatic nitrogens is 1. The number of amides is 1. The Morgan fingerprint density at radius 2 is 2.16 bits per heavy atom. The lowest BCUT2D eigenvalue weighted by Crippen LogP contribution is -2.39. The van der Waals surface area contributed by atoms with Crippen LogP contribution >= 0.6 is 0 Å². The van der Waals surface area contributed by atoms with Gasteiger partial charge in [0.15, 0.2) is 0 Å². The summed E-state index contributed by atoms with van der Waals surface area (Å²) in [5.41, 5.74) is 0.0135. The largest absolute Gasteiger partial charge is 0.389 e. The lowest BCUT2D eigenvalue weighted by molar-refractivity contribution is 0.0367. The standard InChI is InChI=1S/C14H18N2O3/c1-14(2,19)10-16(3)13(18)12-7-11(5-4-6-17)8-15-9-12/h7-9,17,19H,6,10H2,1-3H3. The van der Waals surface area contributed by atoms with E-state index < -0.39 is 5.60 Å². The molecule has 0 atom stereocenters. The van der Waals surface area contributed by atoms with Gasteiger partial charge >= 0.3 is 0 Å². The Bertz CT molecular complexity index is 509. The van der Waals surface area contributed by atoms with E-state index in [4.69, 9.17) is 5.11 Å². The number of carbonyl (C=O) groups is 1. The molecule has 1 aromatic heterocycles. The van der Waals surface area contributed by atoms with Gasteiger partial charge in [-0.15, -0.1) is 0 Å². The molecule has 0 saturated heterocycles. The van der Waals surface area contributed by atoms with Crippen molar-refractivity contribution in [2.24, 2.45) is 0 Å². The first-order valence-corrected chi connectivity index (χ1v) is 5.86. The normalized spacial score (nSPS) is 10.6. The van der Waals surface area contributed by atoms with Gasteiger partial charge in [0.25, 0.3) is 5.91 Å². The highest BCUT2D eigenvalue weighted by Crippen LogP contribution is 2.09. The molecule has 0 fully saturated rings. The summed E-state index contributed by atoms with van der Waals surface area (Å²) in [5.74, 6) is 4.96. The van der Waals surface area contributed by atoms with Crippen molar-refractivity contribution in [1.82, 2.24) is 9.88 Å². The number of pyridine rings is 1. The number of likely N-dealkylation sites (N-methyl/N-ethyl adjacent to an activating group) is 1. The van der Waals surface area contributed by atoms with Crippen LogP contribution < -0.4 is 0 Å². The van der Waals surface area contributed by atoms with E-state index in [0.717, 1.165) is 0 Å². The van der Waals surface area contributed by atoms with Crippen molar-refractivity contribution in [3.05, 3.63) is 29.6 Å². The van der Waals surface area contributed by atoms with Crippen LogP contribution in [0.25, 0.3) is 0 Å². The summed E-state index contributed by atoms with van der Waals surface area (Å²) in [4.78, 5) is 17.5. The fourth-order valence-corrected chi connectivity index (χ4v) is 1.64. The maximum absolute atomic E-state index is 12.1. The van der Waals surface area contributed by atoms with Crippen molar-refractivity contribution in [2.45, 2.75) is 19.4 Å². The zero-order chi connectivity index (χ0) is 14.5. The number of hydrogen-bond donors (Lipinski definition) is 2. The average Bonchev–Trinajstić information content (AvgIpc) is 2.33. The lowest BCUT2D eigenvalue weighted by atomic mass is 10.1. The van der Waals surface area contributed by atoms with Crippen LogP contribution in [0.4, 0.5) is 0 Å². The van der Waals surface area contributed by atoms with E-state index >= 15 is 0 Å². The van der Waals surface area contributed by atoms with Crippen molar-refractivity contribution in [2.75, 3.05) is 20.2 Å². The molecule has 1 aromatic rings. The van der Waals surface area contributed by atoms with Crippen LogP contribution in [0.5, 0.6) is 0 Å². The highest BCUT2D eigenvalue weighted by Gasteiger charge is 2.20. The maximum Gasteiger partial charge on any atom is 0.255 e. The number of aliphatic hydroxyl groups excluding tert-OH is 1. The van der Waals surface area contributed by atoms with Crippen LogP contribution in [0.3, 0.4) is 0 Å². The van der Waals surface area contributed by atoms with Gasteiger partial charge in [0, 0.05) is 31.5 Å². The highest BCUT2D eigenvalue weighted by atomic mass is 16.3. The molecular formula is C14H18N2O3. The molecule has 0 saturated carbocycles. The first-order valence-electron chi connectivity index (χ1n) is 5.86. The maximum atomic E-state index is 12.1. The second-order valence-corrected chi connectivity index (χ2v) is 4.90. The number of rotatable bonds is 3. The fourth-order valence-electron chi connectivity index (χ4n) is 1.64. The number of aliphatic hydroxyl groups is 2. The molecule has 0 radical (unpaired) electrons. The molecule has 102 valence electrons. The highest BCUT2D eigenvalue weighted by molar-refractivity contribution is 5.94. The average molecular weight is 262 g/mol. The second kappa shape index (κ2) is 6.32. The molecule has 19 heavy (non-hydrogen) atoms. The Kier molecular flexibility index (Phi) is 5.04. The molecule has 0 bridgehead atoms. The van der Waals surface area contributed by atoms with E-state index in [9.17, 15) is 9.90 Å². The van der Waals surface area contributed by atoms with Crippen LogP contribution in [0.15, 0.2) is 18.5 Å². The molecule has 0 aliphatic rings. The second-order valence-electron chi connectivity index (χ2n) is 4.90. The van der Waals surface area contributed by atoms with Gasteiger partial charge in [-0.25, -0.2) is 0 Å². The minimum absolute atomic E-state index is 0.221. The number of carbonyl (C=O) groups excluding carboxylic acids is 1. The predicted molar refractivity (Wildman–Crippen MR) is 71.5 cm³/mol. The Morgan fingerprint density at radius 3 is 2.74 bits per heavy atom. The first-order chi connectivity index (χ1) is 8.83. The fraction of sp³-hybridized carbons (Fsp3) is 0.429. The van der Waals surface area contributed by atoms with Crippen molar-refractivity contribution < 1.29 is 15.0 Å². The quantitative estimate of drug-likeness (QED) is 0.767. The minimum atomic E-state index is -0.952. The van der Waals surface area contributed by atoms with Crippen LogP contribution in [0.2, 0.25) is 0 Å². The summed E-state index contributed by atoms with van der Waals surface area (Å²) >= 11 is 0. The first kappa shape index (κ1) is 15.2. The van der Waals surface area contributed by atoms with E-state index in [2.05, 4.69) is 16.8 Å². The topological polar surface area (TPSA) is 73.7 Å². The molecule has 5 nitrogen and oxygen atoms in total. The summed E-state index contributed by atoms with van der Waals surface area (Å²) in [5, 5.41) is 18.3. The van der Waals surface area contributed by atoms with E-state index in [1.807, 2.05) is 0 Å². The third-order valence-electron chi connectivity index (χ3n) is 2.27. The third-order valence-corrected chi connectivity index (χ3v) is 2.27.